The highest BCUT2D eigenvalue weighted by Crippen LogP contribution is 2.07. The van der Waals surface area contributed by atoms with Crippen molar-refractivity contribution in [1.29, 1.82) is 0 Å². The van der Waals surface area contributed by atoms with Crippen molar-refractivity contribution in [1.82, 2.24) is 9.80 Å². The smallest absolute Gasteiger partial charge is 0.237 e. The van der Waals surface area contributed by atoms with E-state index >= 15 is 0 Å². The summed E-state index contributed by atoms with van der Waals surface area (Å²) in [4.78, 5) is 26.0. The molecule has 1 aromatic rings. The van der Waals surface area contributed by atoms with Gasteiger partial charge >= 0.3 is 0 Å². The Bertz CT molecular complexity index is 479. The van der Waals surface area contributed by atoms with Crippen LogP contribution < -0.4 is 5.73 Å². The summed E-state index contributed by atoms with van der Waals surface area (Å²) >= 11 is 0. The van der Waals surface area contributed by atoms with Crippen LogP contribution >= 0.6 is 0 Å². The van der Waals surface area contributed by atoms with E-state index in [1.165, 1.54) is 12.1 Å². The molecule has 6 heteroatoms. The van der Waals surface area contributed by atoms with Crippen molar-refractivity contribution in [2.75, 3.05) is 26.7 Å². The van der Waals surface area contributed by atoms with Crippen molar-refractivity contribution in [3.63, 3.8) is 0 Å². The van der Waals surface area contributed by atoms with Crippen molar-refractivity contribution in [2.45, 2.75) is 13.5 Å². The minimum atomic E-state index is -0.478. The van der Waals surface area contributed by atoms with Crippen LogP contribution in [0.3, 0.4) is 0 Å². The Balaban J connectivity index is 2.61. The molecule has 0 fully saturated rings. The molecule has 20 heavy (non-hydrogen) atoms. The average molecular weight is 281 g/mol. The Morgan fingerprint density at radius 1 is 1.30 bits per heavy atom. The number of hydrogen-bond donors (Lipinski definition) is 1. The van der Waals surface area contributed by atoms with Crippen molar-refractivity contribution < 1.29 is 14.0 Å². The summed E-state index contributed by atoms with van der Waals surface area (Å²) in [5, 5.41) is 0. The van der Waals surface area contributed by atoms with E-state index in [9.17, 15) is 14.0 Å². The number of likely N-dealkylation sites (N-methyl/N-ethyl adjacent to an activating group) is 2. The molecule has 2 amide bonds. The second-order valence-electron chi connectivity index (χ2n) is 4.68. The third-order valence-electron chi connectivity index (χ3n) is 2.83. The maximum atomic E-state index is 13.1. The van der Waals surface area contributed by atoms with E-state index < -0.39 is 5.91 Å². The predicted octanol–water partition coefficient (Wildman–Crippen LogP) is 0.591. The van der Waals surface area contributed by atoms with Crippen LogP contribution in [0.1, 0.15) is 12.5 Å². The molecule has 5 nitrogen and oxygen atoms in total. The number of nitrogens with zero attached hydrogens (tertiary/aromatic N) is 2. The highest BCUT2D eigenvalue weighted by molar-refractivity contribution is 5.80. The molecule has 110 valence electrons. The third-order valence-corrected chi connectivity index (χ3v) is 2.83. The van der Waals surface area contributed by atoms with E-state index in [0.29, 0.717) is 13.1 Å². The van der Waals surface area contributed by atoms with Crippen LogP contribution in [0.25, 0.3) is 0 Å². The second-order valence-corrected chi connectivity index (χ2v) is 4.68. The summed E-state index contributed by atoms with van der Waals surface area (Å²) in [7, 11) is 1.65. The second kappa shape index (κ2) is 7.59. The van der Waals surface area contributed by atoms with Crippen molar-refractivity contribution in [3.8, 4) is 0 Å². The van der Waals surface area contributed by atoms with Gasteiger partial charge in [0.05, 0.1) is 13.1 Å². The first-order valence-electron chi connectivity index (χ1n) is 6.41. The molecule has 0 radical (unpaired) electrons. The Morgan fingerprint density at radius 3 is 2.55 bits per heavy atom. The molecule has 0 spiro atoms. The lowest BCUT2D eigenvalue weighted by Gasteiger charge is -2.24. The number of carbonyl (C=O) groups is 2. The summed E-state index contributed by atoms with van der Waals surface area (Å²) in [6, 6.07) is 6.15. The zero-order valence-electron chi connectivity index (χ0n) is 11.8. The highest BCUT2D eigenvalue weighted by Gasteiger charge is 2.15. The lowest BCUT2D eigenvalue weighted by atomic mass is 10.2. The van der Waals surface area contributed by atoms with Gasteiger partial charge in [0.1, 0.15) is 5.82 Å². The molecule has 0 unspecified atom stereocenters. The van der Waals surface area contributed by atoms with Gasteiger partial charge in [-0.1, -0.05) is 12.1 Å². The van der Waals surface area contributed by atoms with Gasteiger partial charge in [-0.2, -0.15) is 0 Å². The standard InChI is InChI=1S/C14H20FN3O2/c1-3-18(8-11-5-4-6-12(15)7-11)14(20)10-17(2)9-13(16)19/h4-7H,3,8-10H2,1-2H3,(H2,16,19). The summed E-state index contributed by atoms with van der Waals surface area (Å²) in [5.41, 5.74) is 5.80. The number of rotatable bonds is 7. The SMILES string of the molecule is CCN(Cc1cccc(F)c1)C(=O)CN(C)CC(N)=O. The molecule has 2 N–H and O–H groups in total. The van der Waals surface area contributed by atoms with Gasteiger partial charge in [-0.05, 0) is 31.7 Å². The number of halogens is 1. The Kier molecular flexibility index (Phi) is 6.11. The molecular weight excluding hydrogens is 261 g/mol. The van der Waals surface area contributed by atoms with Crippen LogP contribution in [0.5, 0.6) is 0 Å². The summed E-state index contributed by atoms with van der Waals surface area (Å²) in [6.07, 6.45) is 0. The van der Waals surface area contributed by atoms with Gasteiger partial charge in [-0.15, -0.1) is 0 Å². The largest absolute Gasteiger partial charge is 0.369 e. The van der Waals surface area contributed by atoms with Crippen LogP contribution in [0.15, 0.2) is 24.3 Å². The fourth-order valence-corrected chi connectivity index (χ4v) is 1.88. The predicted molar refractivity (Wildman–Crippen MR) is 74.2 cm³/mol. The molecule has 0 aliphatic rings. The van der Waals surface area contributed by atoms with Gasteiger partial charge in [-0.3, -0.25) is 14.5 Å². The quantitative estimate of drug-likeness (QED) is 0.795. The van der Waals surface area contributed by atoms with E-state index in [1.807, 2.05) is 6.92 Å². The summed E-state index contributed by atoms with van der Waals surface area (Å²) in [6.45, 7) is 2.85. The van der Waals surface area contributed by atoms with Gasteiger partial charge in [-0.25, -0.2) is 4.39 Å². The molecule has 0 aliphatic carbocycles. The molecule has 0 atom stereocenters. The number of primary amides is 1. The first kappa shape index (κ1) is 16.1. The average Bonchev–Trinajstić information content (AvgIpc) is 2.34. The van der Waals surface area contributed by atoms with Crippen LogP contribution in [0, 0.1) is 5.82 Å². The first-order valence-corrected chi connectivity index (χ1v) is 6.41. The first-order chi connectivity index (χ1) is 9.42. The zero-order chi connectivity index (χ0) is 15.1. The molecular formula is C14H20FN3O2. The maximum absolute atomic E-state index is 13.1. The van der Waals surface area contributed by atoms with Crippen molar-refractivity contribution in [2.24, 2.45) is 5.73 Å². The Morgan fingerprint density at radius 2 is 2.00 bits per heavy atom. The molecule has 0 saturated heterocycles. The summed E-state index contributed by atoms with van der Waals surface area (Å²) in [5.74, 6) is -0.925. The van der Waals surface area contributed by atoms with Crippen LogP contribution in [0.4, 0.5) is 4.39 Å². The lowest BCUT2D eigenvalue weighted by molar-refractivity contribution is -0.132. The van der Waals surface area contributed by atoms with Crippen LogP contribution in [0.2, 0.25) is 0 Å². The van der Waals surface area contributed by atoms with Gasteiger partial charge < -0.3 is 10.6 Å². The number of amides is 2. The molecule has 0 bridgehead atoms. The Hall–Kier alpha value is -1.95. The van der Waals surface area contributed by atoms with E-state index in [1.54, 1.807) is 29.0 Å². The highest BCUT2D eigenvalue weighted by atomic mass is 19.1. The third kappa shape index (κ3) is 5.36. The van der Waals surface area contributed by atoms with Gasteiger partial charge in [0, 0.05) is 13.1 Å². The molecule has 1 rings (SSSR count). The fourth-order valence-electron chi connectivity index (χ4n) is 1.88. The Labute approximate surface area is 118 Å². The van der Waals surface area contributed by atoms with Gasteiger partial charge in [0.25, 0.3) is 0 Å². The zero-order valence-corrected chi connectivity index (χ0v) is 11.8. The lowest BCUT2D eigenvalue weighted by Crippen LogP contribution is -2.41. The number of benzene rings is 1. The summed E-state index contributed by atoms with van der Waals surface area (Å²) < 4.78 is 13.1. The molecule has 1 aromatic carbocycles. The van der Waals surface area contributed by atoms with Gasteiger partial charge in [0.2, 0.25) is 11.8 Å². The van der Waals surface area contributed by atoms with Crippen molar-refractivity contribution >= 4 is 11.8 Å². The normalized spacial score (nSPS) is 10.6. The number of hydrogen-bond acceptors (Lipinski definition) is 3. The minimum Gasteiger partial charge on any atom is -0.369 e. The molecule has 0 aliphatic heterocycles. The van der Waals surface area contributed by atoms with Crippen molar-refractivity contribution in [3.05, 3.63) is 35.6 Å². The van der Waals surface area contributed by atoms with E-state index in [2.05, 4.69) is 0 Å². The van der Waals surface area contributed by atoms with Crippen LogP contribution in [-0.4, -0.2) is 48.3 Å². The molecule has 0 aromatic heterocycles. The topological polar surface area (TPSA) is 66.6 Å². The fraction of sp³-hybridized carbons (Fsp3) is 0.429. The molecule has 0 heterocycles. The van der Waals surface area contributed by atoms with E-state index in [0.717, 1.165) is 5.56 Å². The van der Waals surface area contributed by atoms with E-state index in [-0.39, 0.29) is 24.8 Å². The minimum absolute atomic E-state index is 0.0310. The van der Waals surface area contributed by atoms with Gasteiger partial charge in [0.15, 0.2) is 0 Å². The molecule has 0 saturated carbocycles. The van der Waals surface area contributed by atoms with Crippen LogP contribution in [-0.2, 0) is 16.1 Å². The monoisotopic (exact) mass is 281 g/mol. The van der Waals surface area contributed by atoms with E-state index in [4.69, 9.17) is 5.73 Å². The maximum Gasteiger partial charge on any atom is 0.237 e. The number of carbonyl (C=O) groups excluding carboxylic acids is 2. The number of nitrogens with two attached hydrogens (primary N) is 1.